The number of carbonyl (C=O) groups excluding carboxylic acids is 2. The minimum absolute atomic E-state index is 0.000580. The normalized spacial score (nSPS) is 11.5. The first-order chi connectivity index (χ1) is 11.1. The van der Waals surface area contributed by atoms with Crippen LogP contribution in [-0.2, 0) is 22.6 Å². The van der Waals surface area contributed by atoms with Crippen LogP contribution < -0.4 is 5.32 Å². The maximum atomic E-state index is 12.3. The molecule has 0 saturated carbocycles. The highest BCUT2D eigenvalue weighted by atomic mass is 16.2. The molecule has 0 saturated heterocycles. The zero-order chi connectivity index (χ0) is 18.3. The Labute approximate surface area is 146 Å². The van der Waals surface area contributed by atoms with Gasteiger partial charge in [-0.1, -0.05) is 31.2 Å². The average molecular weight is 333 g/mol. The third-order valence-corrected chi connectivity index (χ3v) is 3.61. The molecule has 0 aliphatic rings. The second kappa shape index (κ2) is 8.83. The van der Waals surface area contributed by atoms with Crippen molar-refractivity contribution < 1.29 is 9.59 Å². The highest BCUT2D eigenvalue weighted by Crippen LogP contribution is 2.07. The van der Waals surface area contributed by atoms with E-state index < -0.39 is 0 Å². The van der Waals surface area contributed by atoms with Crippen molar-refractivity contribution >= 4 is 11.8 Å². The van der Waals surface area contributed by atoms with Gasteiger partial charge in [-0.05, 0) is 45.4 Å². The Kier molecular flexibility index (Phi) is 7.42. The molecular weight excluding hydrogens is 302 g/mol. The molecule has 0 atom stereocenters. The molecule has 1 aromatic carbocycles. The largest absolute Gasteiger partial charge is 0.350 e. The molecule has 1 aromatic rings. The molecule has 1 rings (SSSR count). The molecule has 1 N–H and O–H groups in total. The monoisotopic (exact) mass is 333 g/mol. The van der Waals surface area contributed by atoms with E-state index in [1.54, 1.807) is 23.9 Å². The van der Waals surface area contributed by atoms with Crippen molar-refractivity contribution in [3.63, 3.8) is 0 Å². The van der Waals surface area contributed by atoms with Crippen molar-refractivity contribution in [2.24, 2.45) is 0 Å². The zero-order valence-corrected chi connectivity index (χ0v) is 15.8. The first kappa shape index (κ1) is 20.2. The SMILES string of the molecule is CCc1ccc(CN(C)C(=O)CN(C)CC(=O)NC(C)(C)C)cc1. The van der Waals surface area contributed by atoms with Crippen LogP contribution in [0, 0.1) is 0 Å². The average Bonchev–Trinajstić information content (AvgIpc) is 2.45. The van der Waals surface area contributed by atoms with Crippen LogP contribution in [0.2, 0.25) is 0 Å². The molecular formula is C19H31N3O2. The highest BCUT2D eigenvalue weighted by molar-refractivity contribution is 5.81. The lowest BCUT2D eigenvalue weighted by Crippen LogP contribution is -2.46. The van der Waals surface area contributed by atoms with Gasteiger partial charge in [-0.15, -0.1) is 0 Å². The molecule has 0 fully saturated rings. The van der Waals surface area contributed by atoms with E-state index in [0.29, 0.717) is 6.54 Å². The number of likely N-dealkylation sites (N-methyl/N-ethyl adjacent to an activating group) is 2. The number of benzene rings is 1. The van der Waals surface area contributed by atoms with Gasteiger partial charge < -0.3 is 10.2 Å². The molecule has 0 radical (unpaired) electrons. The summed E-state index contributed by atoms with van der Waals surface area (Å²) < 4.78 is 0. The standard InChI is InChI=1S/C19H31N3O2/c1-7-15-8-10-16(11-9-15)12-22(6)18(24)14-21(5)13-17(23)20-19(2,3)4/h8-11H,7,12-14H2,1-6H3,(H,20,23). The summed E-state index contributed by atoms with van der Waals surface area (Å²) in [5.74, 6) is -0.0729. The molecule has 0 spiro atoms. The Morgan fingerprint density at radius 1 is 1.00 bits per heavy atom. The lowest BCUT2D eigenvalue weighted by atomic mass is 10.1. The van der Waals surface area contributed by atoms with Crippen molar-refractivity contribution in [1.82, 2.24) is 15.1 Å². The van der Waals surface area contributed by atoms with Crippen LogP contribution in [0.3, 0.4) is 0 Å². The number of carbonyl (C=O) groups is 2. The predicted octanol–water partition coefficient (Wildman–Crippen LogP) is 2.05. The minimum Gasteiger partial charge on any atom is -0.350 e. The summed E-state index contributed by atoms with van der Waals surface area (Å²) >= 11 is 0. The second-order valence-electron chi connectivity index (χ2n) is 7.39. The van der Waals surface area contributed by atoms with Crippen LogP contribution in [0.4, 0.5) is 0 Å². The fraction of sp³-hybridized carbons (Fsp3) is 0.579. The van der Waals surface area contributed by atoms with Crippen molar-refractivity contribution in [1.29, 1.82) is 0 Å². The molecule has 5 heteroatoms. The lowest BCUT2D eigenvalue weighted by Gasteiger charge is -2.24. The Balaban J connectivity index is 2.46. The molecule has 0 aliphatic heterocycles. The molecule has 24 heavy (non-hydrogen) atoms. The number of hydrogen-bond acceptors (Lipinski definition) is 3. The minimum atomic E-state index is -0.261. The third kappa shape index (κ3) is 7.59. The molecule has 134 valence electrons. The van der Waals surface area contributed by atoms with Gasteiger partial charge in [0.25, 0.3) is 0 Å². The van der Waals surface area contributed by atoms with E-state index in [1.807, 2.05) is 20.8 Å². The van der Waals surface area contributed by atoms with Gasteiger partial charge in [-0.25, -0.2) is 0 Å². The maximum Gasteiger partial charge on any atom is 0.236 e. The van der Waals surface area contributed by atoms with E-state index in [1.165, 1.54) is 5.56 Å². The Morgan fingerprint density at radius 2 is 1.54 bits per heavy atom. The Hall–Kier alpha value is -1.88. The molecule has 5 nitrogen and oxygen atoms in total. The fourth-order valence-electron chi connectivity index (χ4n) is 2.35. The summed E-state index contributed by atoms with van der Waals surface area (Å²) in [5.41, 5.74) is 2.14. The first-order valence-corrected chi connectivity index (χ1v) is 8.42. The van der Waals surface area contributed by atoms with Gasteiger partial charge in [0.2, 0.25) is 11.8 Å². The maximum absolute atomic E-state index is 12.3. The molecule has 0 bridgehead atoms. The number of amides is 2. The van der Waals surface area contributed by atoms with Gasteiger partial charge in [-0.3, -0.25) is 14.5 Å². The van der Waals surface area contributed by atoms with E-state index in [0.717, 1.165) is 12.0 Å². The summed E-state index contributed by atoms with van der Waals surface area (Å²) in [5, 5.41) is 2.90. The van der Waals surface area contributed by atoms with Gasteiger partial charge in [-0.2, -0.15) is 0 Å². The topological polar surface area (TPSA) is 52.7 Å². The summed E-state index contributed by atoms with van der Waals surface area (Å²) in [6.45, 7) is 8.94. The van der Waals surface area contributed by atoms with Crippen LogP contribution in [0.5, 0.6) is 0 Å². The number of nitrogens with one attached hydrogen (secondary N) is 1. The van der Waals surface area contributed by atoms with Gasteiger partial charge in [0.05, 0.1) is 13.1 Å². The fourth-order valence-corrected chi connectivity index (χ4v) is 2.35. The first-order valence-electron chi connectivity index (χ1n) is 8.42. The summed E-state index contributed by atoms with van der Waals surface area (Å²) in [6, 6.07) is 8.30. The van der Waals surface area contributed by atoms with Crippen molar-refractivity contribution in [2.45, 2.75) is 46.2 Å². The summed E-state index contributed by atoms with van der Waals surface area (Å²) in [7, 11) is 3.57. The lowest BCUT2D eigenvalue weighted by molar-refractivity contribution is -0.132. The van der Waals surface area contributed by atoms with Crippen LogP contribution in [0.15, 0.2) is 24.3 Å². The van der Waals surface area contributed by atoms with Gasteiger partial charge in [0, 0.05) is 19.1 Å². The van der Waals surface area contributed by atoms with E-state index in [4.69, 9.17) is 0 Å². The highest BCUT2D eigenvalue weighted by Gasteiger charge is 2.17. The molecule has 0 heterocycles. The van der Waals surface area contributed by atoms with E-state index in [2.05, 4.69) is 36.5 Å². The smallest absolute Gasteiger partial charge is 0.236 e. The number of nitrogens with zero attached hydrogens (tertiary/aromatic N) is 2. The van der Waals surface area contributed by atoms with Crippen molar-refractivity contribution in [3.8, 4) is 0 Å². The van der Waals surface area contributed by atoms with E-state index >= 15 is 0 Å². The van der Waals surface area contributed by atoms with Crippen molar-refractivity contribution in [2.75, 3.05) is 27.2 Å². The van der Waals surface area contributed by atoms with Crippen LogP contribution in [-0.4, -0.2) is 54.3 Å². The van der Waals surface area contributed by atoms with Crippen molar-refractivity contribution in [3.05, 3.63) is 35.4 Å². The van der Waals surface area contributed by atoms with Crippen LogP contribution in [0.1, 0.15) is 38.8 Å². The van der Waals surface area contributed by atoms with Gasteiger partial charge in [0.1, 0.15) is 0 Å². The number of rotatable bonds is 7. The summed E-state index contributed by atoms with van der Waals surface area (Å²) in [6.07, 6.45) is 1.01. The van der Waals surface area contributed by atoms with Gasteiger partial charge >= 0.3 is 0 Å². The predicted molar refractivity (Wildman–Crippen MR) is 97.7 cm³/mol. The second-order valence-corrected chi connectivity index (χ2v) is 7.39. The Bertz CT molecular complexity index is 547. The quantitative estimate of drug-likeness (QED) is 0.831. The van der Waals surface area contributed by atoms with E-state index in [-0.39, 0.29) is 30.4 Å². The van der Waals surface area contributed by atoms with E-state index in [9.17, 15) is 9.59 Å². The zero-order valence-electron chi connectivity index (χ0n) is 15.8. The number of hydrogen-bond donors (Lipinski definition) is 1. The Morgan fingerprint density at radius 3 is 2.04 bits per heavy atom. The summed E-state index contributed by atoms with van der Waals surface area (Å²) in [4.78, 5) is 27.6. The van der Waals surface area contributed by atoms with Crippen LogP contribution >= 0.6 is 0 Å². The molecule has 0 aromatic heterocycles. The molecule has 2 amide bonds. The number of aryl methyl sites for hydroxylation is 1. The van der Waals surface area contributed by atoms with Gasteiger partial charge in [0.15, 0.2) is 0 Å². The third-order valence-electron chi connectivity index (χ3n) is 3.61. The molecule has 0 unspecified atom stereocenters. The van der Waals surface area contributed by atoms with Crippen LogP contribution in [0.25, 0.3) is 0 Å². The molecule has 0 aliphatic carbocycles.